The number of nitrogens with zero attached hydrogens (tertiary/aromatic N) is 6. The lowest BCUT2D eigenvalue weighted by Crippen LogP contribution is -2.56. The molecular weight excluding hydrogens is 518 g/mol. The second-order valence-electron chi connectivity index (χ2n) is 9.17. The Balaban J connectivity index is 1.57. The average Bonchev–Trinajstić information content (AvgIpc) is 3.41. The molecule has 40 heavy (non-hydrogen) atoms. The molecule has 0 aliphatic carbocycles. The summed E-state index contributed by atoms with van der Waals surface area (Å²) in [5, 5.41) is 16.3. The van der Waals surface area contributed by atoms with Crippen LogP contribution in [0.15, 0.2) is 48.7 Å². The maximum atomic E-state index is 13.5. The lowest BCUT2D eigenvalue weighted by molar-refractivity contribution is -0.138. The summed E-state index contributed by atoms with van der Waals surface area (Å²) in [4.78, 5) is 62.2. The van der Waals surface area contributed by atoms with Gasteiger partial charge in [-0.15, -0.1) is 0 Å². The highest BCUT2D eigenvalue weighted by molar-refractivity contribution is 5.97. The predicted molar refractivity (Wildman–Crippen MR) is 143 cm³/mol. The fourth-order valence-electron chi connectivity index (χ4n) is 4.23. The Kier molecular flexibility index (Phi) is 9.04. The predicted octanol–water partition coefficient (Wildman–Crippen LogP) is 1.90. The molecule has 0 spiro atoms. The van der Waals surface area contributed by atoms with Crippen molar-refractivity contribution in [3.05, 3.63) is 60.0 Å². The van der Waals surface area contributed by atoms with Crippen molar-refractivity contribution in [3.8, 4) is 17.2 Å². The van der Waals surface area contributed by atoms with Crippen LogP contribution in [0.4, 0.5) is 4.79 Å². The summed E-state index contributed by atoms with van der Waals surface area (Å²) in [6, 6.07) is 11.3. The highest BCUT2D eigenvalue weighted by Crippen LogP contribution is 2.18. The highest BCUT2D eigenvalue weighted by Gasteiger charge is 2.31. The van der Waals surface area contributed by atoms with Crippen molar-refractivity contribution in [2.45, 2.75) is 32.7 Å². The van der Waals surface area contributed by atoms with Gasteiger partial charge < -0.3 is 25.0 Å². The lowest BCUT2D eigenvalue weighted by Gasteiger charge is -2.35. The van der Waals surface area contributed by atoms with Crippen molar-refractivity contribution in [2.75, 3.05) is 32.8 Å². The molecule has 210 valence electrons. The van der Waals surface area contributed by atoms with Crippen molar-refractivity contribution < 1.29 is 29.0 Å². The second-order valence-corrected chi connectivity index (χ2v) is 9.17. The molecule has 0 bridgehead atoms. The Morgan fingerprint density at radius 3 is 2.35 bits per heavy atom. The number of carbonyl (C=O) groups is 4. The van der Waals surface area contributed by atoms with Crippen molar-refractivity contribution in [1.29, 1.82) is 0 Å². The first-order valence-corrected chi connectivity index (χ1v) is 13.0. The third kappa shape index (κ3) is 6.98. The highest BCUT2D eigenvalue weighted by atomic mass is 16.6. The van der Waals surface area contributed by atoms with Crippen LogP contribution in [0.25, 0.3) is 17.2 Å². The number of hydrogen-bond acceptors (Lipinski definition) is 8. The van der Waals surface area contributed by atoms with Gasteiger partial charge in [-0.3, -0.25) is 14.4 Å². The zero-order valence-corrected chi connectivity index (χ0v) is 22.3. The largest absolute Gasteiger partial charge is 0.481 e. The Morgan fingerprint density at radius 2 is 1.73 bits per heavy atom. The number of rotatable bonds is 9. The molecule has 0 saturated carbocycles. The standard InChI is InChI=1S/C27H31N7O6/c1-3-40-27(39)33-15-13-32(14-16-33)26(38)20(9-10-23(35)36)29-25(37)21-17-22(34-12-11-18(2)31-34)30-24(28-21)19-7-5-4-6-8-19/h4-8,11-12,17,20H,3,9-10,13-16H2,1-2H3,(H,29,37)(H,35,36). The number of piperazine rings is 1. The number of nitrogens with one attached hydrogen (secondary N) is 1. The minimum Gasteiger partial charge on any atom is -0.481 e. The number of aryl methyl sites for hydroxylation is 1. The van der Waals surface area contributed by atoms with E-state index in [9.17, 15) is 24.3 Å². The Hall–Kier alpha value is -4.81. The van der Waals surface area contributed by atoms with Crippen LogP contribution in [0.5, 0.6) is 0 Å². The fourth-order valence-corrected chi connectivity index (χ4v) is 4.23. The minimum atomic E-state index is -1.11. The van der Waals surface area contributed by atoms with Gasteiger partial charge in [-0.25, -0.2) is 19.4 Å². The van der Waals surface area contributed by atoms with Crippen LogP contribution in [-0.4, -0.2) is 97.4 Å². The molecule has 1 fully saturated rings. The van der Waals surface area contributed by atoms with E-state index in [0.29, 0.717) is 17.2 Å². The summed E-state index contributed by atoms with van der Waals surface area (Å²) in [7, 11) is 0. The van der Waals surface area contributed by atoms with E-state index >= 15 is 0 Å². The summed E-state index contributed by atoms with van der Waals surface area (Å²) in [6.07, 6.45) is 0.825. The maximum absolute atomic E-state index is 13.5. The molecule has 2 aromatic heterocycles. The Morgan fingerprint density at radius 1 is 1.02 bits per heavy atom. The molecule has 4 rings (SSSR count). The maximum Gasteiger partial charge on any atom is 0.409 e. The summed E-state index contributed by atoms with van der Waals surface area (Å²) in [5.74, 6) is -1.53. The third-order valence-corrected chi connectivity index (χ3v) is 6.30. The van der Waals surface area contributed by atoms with E-state index in [0.717, 1.165) is 5.69 Å². The van der Waals surface area contributed by atoms with Gasteiger partial charge in [-0.05, 0) is 26.3 Å². The van der Waals surface area contributed by atoms with Gasteiger partial charge in [0.25, 0.3) is 5.91 Å². The molecule has 1 aromatic carbocycles. The van der Waals surface area contributed by atoms with E-state index in [-0.39, 0.29) is 51.3 Å². The van der Waals surface area contributed by atoms with Gasteiger partial charge in [-0.1, -0.05) is 30.3 Å². The topological polar surface area (TPSA) is 160 Å². The fraction of sp³-hybridized carbons (Fsp3) is 0.370. The van der Waals surface area contributed by atoms with E-state index in [1.165, 1.54) is 20.5 Å². The van der Waals surface area contributed by atoms with E-state index in [1.54, 1.807) is 19.2 Å². The van der Waals surface area contributed by atoms with E-state index < -0.39 is 29.9 Å². The molecule has 1 unspecified atom stereocenters. The first kappa shape index (κ1) is 28.2. The van der Waals surface area contributed by atoms with E-state index in [4.69, 9.17) is 4.74 Å². The van der Waals surface area contributed by atoms with E-state index in [2.05, 4.69) is 20.4 Å². The lowest BCUT2D eigenvalue weighted by atomic mass is 10.1. The van der Waals surface area contributed by atoms with Gasteiger partial charge in [0, 0.05) is 50.4 Å². The summed E-state index contributed by atoms with van der Waals surface area (Å²) in [5.41, 5.74) is 1.44. The quantitative estimate of drug-likeness (QED) is 0.406. The Bertz CT molecular complexity index is 1370. The zero-order chi connectivity index (χ0) is 28.6. The number of ether oxygens (including phenoxy) is 1. The molecule has 2 N–H and O–H groups in total. The minimum absolute atomic E-state index is 0.00254. The number of hydrogen-bond donors (Lipinski definition) is 2. The molecular formula is C27H31N7O6. The molecule has 13 heteroatoms. The molecule has 1 saturated heterocycles. The molecule has 1 atom stereocenters. The Labute approximate surface area is 230 Å². The number of aromatic nitrogens is 4. The normalized spacial score (nSPS) is 13.9. The molecule has 13 nitrogen and oxygen atoms in total. The van der Waals surface area contributed by atoms with E-state index in [1.807, 2.05) is 37.3 Å². The van der Waals surface area contributed by atoms with Gasteiger partial charge in [0.15, 0.2) is 11.6 Å². The number of carboxylic acid groups (broad SMARTS) is 1. The van der Waals surface area contributed by atoms with Crippen LogP contribution in [-0.2, 0) is 14.3 Å². The molecule has 0 radical (unpaired) electrons. The van der Waals surface area contributed by atoms with Crippen LogP contribution in [0.1, 0.15) is 35.9 Å². The first-order valence-electron chi connectivity index (χ1n) is 13.0. The van der Waals surface area contributed by atoms with Crippen LogP contribution >= 0.6 is 0 Å². The number of amides is 3. The zero-order valence-electron chi connectivity index (χ0n) is 22.3. The van der Waals surface area contributed by atoms with Crippen LogP contribution in [0, 0.1) is 6.92 Å². The molecule has 3 heterocycles. The van der Waals surface area contributed by atoms with Gasteiger partial charge in [0.2, 0.25) is 5.91 Å². The van der Waals surface area contributed by atoms with Crippen molar-refractivity contribution in [2.24, 2.45) is 0 Å². The van der Waals surface area contributed by atoms with Crippen molar-refractivity contribution in [1.82, 2.24) is 34.9 Å². The third-order valence-electron chi connectivity index (χ3n) is 6.30. The number of carboxylic acids is 1. The van der Waals surface area contributed by atoms with Crippen LogP contribution in [0.2, 0.25) is 0 Å². The van der Waals surface area contributed by atoms with Crippen LogP contribution in [0.3, 0.4) is 0 Å². The monoisotopic (exact) mass is 549 g/mol. The molecule has 1 aliphatic rings. The van der Waals surface area contributed by atoms with Gasteiger partial charge in [0.1, 0.15) is 11.7 Å². The SMILES string of the molecule is CCOC(=O)N1CCN(C(=O)C(CCC(=O)O)NC(=O)c2cc(-n3ccc(C)n3)nc(-c3ccccc3)n2)CC1. The first-order chi connectivity index (χ1) is 19.2. The summed E-state index contributed by atoms with van der Waals surface area (Å²) >= 11 is 0. The van der Waals surface area contributed by atoms with Crippen molar-refractivity contribution in [3.63, 3.8) is 0 Å². The molecule has 3 amide bonds. The number of benzene rings is 1. The molecule has 1 aliphatic heterocycles. The number of carbonyl (C=O) groups excluding carboxylic acids is 3. The van der Waals surface area contributed by atoms with Gasteiger partial charge >= 0.3 is 12.1 Å². The second kappa shape index (κ2) is 12.8. The molecule has 3 aromatic rings. The van der Waals surface area contributed by atoms with Crippen LogP contribution < -0.4 is 5.32 Å². The number of aliphatic carboxylic acids is 1. The average molecular weight is 550 g/mol. The van der Waals surface area contributed by atoms with Gasteiger partial charge in [-0.2, -0.15) is 5.10 Å². The smallest absolute Gasteiger partial charge is 0.409 e. The van der Waals surface area contributed by atoms with Gasteiger partial charge in [0.05, 0.1) is 12.3 Å². The summed E-state index contributed by atoms with van der Waals surface area (Å²) < 4.78 is 6.54. The van der Waals surface area contributed by atoms with Crippen molar-refractivity contribution >= 4 is 23.9 Å². The summed E-state index contributed by atoms with van der Waals surface area (Å²) in [6.45, 7) is 4.78.